The predicted molar refractivity (Wildman–Crippen MR) is 128 cm³/mol. The van der Waals surface area contributed by atoms with Crippen molar-refractivity contribution in [2.75, 3.05) is 12.4 Å². The Balaban J connectivity index is 1.66. The van der Waals surface area contributed by atoms with Gasteiger partial charge in [-0.05, 0) is 48.9 Å². The van der Waals surface area contributed by atoms with E-state index in [9.17, 15) is 14.0 Å². The van der Waals surface area contributed by atoms with E-state index in [0.717, 1.165) is 23.1 Å². The predicted octanol–water partition coefficient (Wildman–Crippen LogP) is 4.71. The molecule has 0 bridgehead atoms. The quantitative estimate of drug-likeness (QED) is 0.317. The largest absolute Gasteiger partial charge is 0.497 e. The Bertz CT molecular complexity index is 1360. The number of rotatable bonds is 7. The molecule has 168 valence electrons. The van der Waals surface area contributed by atoms with Crippen molar-refractivity contribution in [3.05, 3.63) is 94.5 Å². The molecule has 0 saturated carbocycles. The van der Waals surface area contributed by atoms with Gasteiger partial charge in [0.25, 0.3) is 5.56 Å². The molecule has 1 unspecified atom stereocenters. The monoisotopic (exact) mass is 463 g/mol. The van der Waals surface area contributed by atoms with E-state index in [1.54, 1.807) is 48.9 Å². The van der Waals surface area contributed by atoms with Crippen molar-refractivity contribution >= 4 is 34.3 Å². The van der Waals surface area contributed by atoms with Crippen LogP contribution in [0.1, 0.15) is 12.5 Å². The van der Waals surface area contributed by atoms with Gasteiger partial charge in [0.15, 0.2) is 5.16 Å². The summed E-state index contributed by atoms with van der Waals surface area (Å²) in [6.07, 6.45) is 0. The molecule has 0 aliphatic rings. The first-order valence-electron chi connectivity index (χ1n) is 10.3. The standard InChI is InChI=1S/C25H22FN3O3S/c1-16(23(30)27-22-10-6-4-8-20(22)26)33-25-28-21-9-5-3-7-19(21)24(31)29(25)15-17-11-13-18(32-2)14-12-17/h3-14,16H,15H2,1-2H3,(H,27,30). The molecule has 1 N–H and O–H groups in total. The lowest BCUT2D eigenvalue weighted by Crippen LogP contribution is -2.27. The van der Waals surface area contributed by atoms with Gasteiger partial charge < -0.3 is 10.1 Å². The van der Waals surface area contributed by atoms with Crippen LogP contribution in [0.5, 0.6) is 5.75 Å². The SMILES string of the molecule is COc1ccc(Cn2c(SC(C)C(=O)Nc3ccccc3F)nc3ccccc3c2=O)cc1. The van der Waals surface area contributed by atoms with E-state index < -0.39 is 11.1 Å². The normalized spacial score (nSPS) is 11.8. The van der Waals surface area contributed by atoms with Gasteiger partial charge in [0, 0.05) is 0 Å². The summed E-state index contributed by atoms with van der Waals surface area (Å²) in [7, 11) is 1.59. The van der Waals surface area contributed by atoms with Crippen LogP contribution in [0.2, 0.25) is 0 Å². The van der Waals surface area contributed by atoms with Crippen LogP contribution < -0.4 is 15.6 Å². The van der Waals surface area contributed by atoms with Crippen molar-refractivity contribution in [3.8, 4) is 5.75 Å². The van der Waals surface area contributed by atoms with Crippen LogP contribution in [0.3, 0.4) is 0 Å². The zero-order valence-electron chi connectivity index (χ0n) is 18.1. The molecule has 0 fully saturated rings. The third kappa shape index (κ3) is 5.06. The second kappa shape index (κ2) is 9.87. The van der Waals surface area contributed by atoms with E-state index in [0.29, 0.717) is 16.1 Å². The maximum absolute atomic E-state index is 13.9. The van der Waals surface area contributed by atoms with Gasteiger partial charge in [0.2, 0.25) is 5.91 Å². The molecule has 8 heteroatoms. The fourth-order valence-corrected chi connectivity index (χ4v) is 4.21. The number of nitrogens with one attached hydrogen (secondary N) is 1. The highest BCUT2D eigenvalue weighted by Gasteiger charge is 2.20. The van der Waals surface area contributed by atoms with E-state index in [-0.39, 0.29) is 23.7 Å². The van der Waals surface area contributed by atoms with E-state index >= 15 is 0 Å². The molecule has 0 saturated heterocycles. The second-order valence-corrected chi connectivity index (χ2v) is 8.69. The van der Waals surface area contributed by atoms with Crippen LogP contribution in [0, 0.1) is 5.82 Å². The summed E-state index contributed by atoms with van der Waals surface area (Å²) in [6.45, 7) is 1.98. The topological polar surface area (TPSA) is 73.2 Å². The number of para-hydroxylation sites is 2. The van der Waals surface area contributed by atoms with Crippen molar-refractivity contribution in [1.82, 2.24) is 9.55 Å². The van der Waals surface area contributed by atoms with Crippen molar-refractivity contribution in [2.24, 2.45) is 0 Å². The van der Waals surface area contributed by atoms with Crippen molar-refractivity contribution < 1.29 is 13.9 Å². The molecule has 4 rings (SSSR count). The first kappa shape index (κ1) is 22.5. The lowest BCUT2D eigenvalue weighted by atomic mass is 10.2. The number of methoxy groups -OCH3 is 1. The number of carbonyl (C=O) groups excluding carboxylic acids is 1. The molecule has 4 aromatic rings. The number of anilines is 1. The Morgan fingerprint density at radius 3 is 2.52 bits per heavy atom. The van der Waals surface area contributed by atoms with Crippen LogP contribution in [0.4, 0.5) is 10.1 Å². The summed E-state index contributed by atoms with van der Waals surface area (Å²) in [5, 5.41) is 2.88. The lowest BCUT2D eigenvalue weighted by Gasteiger charge is -2.17. The molecule has 0 aliphatic heterocycles. The maximum Gasteiger partial charge on any atom is 0.262 e. The minimum absolute atomic E-state index is 0.108. The van der Waals surface area contributed by atoms with Gasteiger partial charge in [0.1, 0.15) is 11.6 Å². The number of hydrogen-bond acceptors (Lipinski definition) is 5. The highest BCUT2D eigenvalue weighted by atomic mass is 32.2. The highest BCUT2D eigenvalue weighted by Crippen LogP contribution is 2.25. The second-order valence-electron chi connectivity index (χ2n) is 7.38. The smallest absolute Gasteiger partial charge is 0.262 e. The fraction of sp³-hybridized carbons (Fsp3) is 0.160. The van der Waals surface area contributed by atoms with Gasteiger partial charge >= 0.3 is 0 Å². The minimum atomic E-state index is -0.625. The van der Waals surface area contributed by atoms with Crippen LogP contribution in [0.15, 0.2) is 82.7 Å². The van der Waals surface area contributed by atoms with Gasteiger partial charge in [-0.1, -0.05) is 48.2 Å². The van der Waals surface area contributed by atoms with E-state index in [1.165, 1.54) is 12.1 Å². The summed E-state index contributed by atoms with van der Waals surface area (Å²) in [5.74, 6) is -0.178. The average molecular weight is 464 g/mol. The van der Waals surface area contributed by atoms with Crippen molar-refractivity contribution in [3.63, 3.8) is 0 Å². The molecule has 1 aromatic heterocycles. The number of benzene rings is 3. The molecule has 0 spiro atoms. The van der Waals surface area contributed by atoms with E-state index in [4.69, 9.17) is 4.74 Å². The van der Waals surface area contributed by atoms with Crippen molar-refractivity contribution in [2.45, 2.75) is 23.9 Å². The number of carbonyl (C=O) groups is 1. The number of thioether (sulfide) groups is 1. The first-order valence-corrected chi connectivity index (χ1v) is 11.2. The molecule has 3 aromatic carbocycles. The highest BCUT2D eigenvalue weighted by molar-refractivity contribution is 8.00. The number of halogens is 1. The molecule has 33 heavy (non-hydrogen) atoms. The Morgan fingerprint density at radius 2 is 1.79 bits per heavy atom. The fourth-order valence-electron chi connectivity index (χ4n) is 3.30. The zero-order chi connectivity index (χ0) is 23.4. The van der Waals surface area contributed by atoms with Gasteiger partial charge in [-0.15, -0.1) is 0 Å². The summed E-state index contributed by atoms with van der Waals surface area (Å²) in [5.41, 5.74) is 1.36. The third-order valence-electron chi connectivity index (χ3n) is 5.11. The van der Waals surface area contributed by atoms with Crippen LogP contribution in [-0.2, 0) is 11.3 Å². The summed E-state index contributed by atoms with van der Waals surface area (Å²) < 4.78 is 20.7. The van der Waals surface area contributed by atoms with Crippen molar-refractivity contribution in [1.29, 1.82) is 0 Å². The Kier molecular flexibility index (Phi) is 6.74. The molecular weight excluding hydrogens is 441 g/mol. The zero-order valence-corrected chi connectivity index (χ0v) is 18.9. The molecular formula is C25H22FN3O3S. The number of nitrogens with zero attached hydrogens (tertiary/aromatic N) is 2. The molecule has 0 aliphatic carbocycles. The van der Waals surface area contributed by atoms with Gasteiger partial charge in [0.05, 0.1) is 35.5 Å². The summed E-state index contributed by atoms with van der Waals surface area (Å²) >= 11 is 1.15. The summed E-state index contributed by atoms with van der Waals surface area (Å²) in [6, 6.07) is 20.5. The number of fused-ring (bicyclic) bond motifs is 1. The molecule has 1 amide bonds. The minimum Gasteiger partial charge on any atom is -0.497 e. The van der Waals surface area contributed by atoms with Crippen LogP contribution in [-0.4, -0.2) is 27.8 Å². The van der Waals surface area contributed by atoms with E-state index in [1.807, 2.05) is 30.3 Å². The van der Waals surface area contributed by atoms with Crippen LogP contribution in [0.25, 0.3) is 10.9 Å². The number of hydrogen-bond donors (Lipinski definition) is 1. The van der Waals surface area contributed by atoms with Gasteiger partial charge in [-0.2, -0.15) is 0 Å². The maximum atomic E-state index is 13.9. The third-order valence-corrected chi connectivity index (χ3v) is 6.20. The van der Waals surface area contributed by atoms with Crippen LogP contribution >= 0.6 is 11.8 Å². The van der Waals surface area contributed by atoms with E-state index in [2.05, 4.69) is 10.3 Å². The average Bonchev–Trinajstić information content (AvgIpc) is 2.83. The van der Waals surface area contributed by atoms with Gasteiger partial charge in [-0.3, -0.25) is 14.2 Å². The molecule has 1 heterocycles. The summed E-state index contributed by atoms with van der Waals surface area (Å²) in [4.78, 5) is 30.7. The lowest BCUT2D eigenvalue weighted by molar-refractivity contribution is -0.115. The molecule has 6 nitrogen and oxygen atoms in total. The Labute approximate surface area is 194 Å². The Hall–Kier alpha value is -3.65. The molecule has 0 radical (unpaired) electrons. The Morgan fingerprint density at radius 1 is 1.09 bits per heavy atom. The number of ether oxygens (including phenoxy) is 1. The first-order chi connectivity index (χ1) is 16.0. The molecule has 1 atom stereocenters. The number of aromatic nitrogens is 2. The van der Waals surface area contributed by atoms with Gasteiger partial charge in [-0.25, -0.2) is 9.37 Å². The number of amides is 1.